The minimum Gasteiger partial charge on any atom is -0.389 e. The Balaban J connectivity index is 3.32. The maximum Gasteiger partial charge on any atom is 0.0897 e. The maximum absolute atomic E-state index is 9.52. The minimum atomic E-state index is -0.386. The first kappa shape index (κ1) is 13.9. The number of ether oxygens (including phenoxy) is 1. The number of hydrogen-bond donors (Lipinski definition) is 2. The zero-order valence-corrected chi connectivity index (χ0v) is 9.92. The molecule has 0 aromatic rings. The van der Waals surface area contributed by atoms with E-state index in [4.69, 9.17) is 4.74 Å². The molecule has 14 heavy (non-hydrogen) atoms. The Hall–Kier alpha value is -0.120. The molecule has 0 spiro atoms. The third kappa shape index (κ3) is 8.48. The van der Waals surface area contributed by atoms with Gasteiger partial charge in [0.1, 0.15) is 0 Å². The van der Waals surface area contributed by atoms with Crippen LogP contribution in [-0.2, 0) is 4.74 Å². The lowest BCUT2D eigenvalue weighted by atomic mass is 10.2. The van der Waals surface area contributed by atoms with E-state index in [1.807, 2.05) is 6.92 Å². The lowest BCUT2D eigenvalue weighted by Gasteiger charge is -2.16. The number of rotatable bonds is 8. The number of hydrogen-bond acceptors (Lipinski definition) is 3. The van der Waals surface area contributed by atoms with E-state index in [1.165, 1.54) is 0 Å². The molecule has 2 unspecified atom stereocenters. The summed E-state index contributed by atoms with van der Waals surface area (Å²) in [5.74, 6) is 0.623. The van der Waals surface area contributed by atoms with Crippen molar-refractivity contribution in [1.82, 2.24) is 5.32 Å². The van der Waals surface area contributed by atoms with Crippen LogP contribution in [0.5, 0.6) is 0 Å². The van der Waals surface area contributed by atoms with Crippen LogP contribution in [0, 0.1) is 5.92 Å². The molecule has 0 saturated carbocycles. The van der Waals surface area contributed by atoms with Gasteiger partial charge in [0.15, 0.2) is 0 Å². The summed E-state index contributed by atoms with van der Waals surface area (Å²) < 4.78 is 5.42. The standard InChI is InChI=1S/C11H25NO2/c1-5-10(4)14-8-11(13)7-12-6-9(2)3/h9-13H,5-8H2,1-4H3. The van der Waals surface area contributed by atoms with Gasteiger partial charge in [0.2, 0.25) is 0 Å². The molecule has 3 nitrogen and oxygen atoms in total. The molecule has 86 valence electrons. The third-order valence-electron chi connectivity index (χ3n) is 2.08. The van der Waals surface area contributed by atoms with Crippen molar-refractivity contribution in [3.05, 3.63) is 0 Å². The quantitative estimate of drug-likeness (QED) is 0.626. The summed E-state index contributed by atoms with van der Waals surface area (Å²) in [7, 11) is 0. The molecule has 0 aromatic heterocycles. The van der Waals surface area contributed by atoms with Crippen molar-refractivity contribution in [3.63, 3.8) is 0 Å². The zero-order valence-electron chi connectivity index (χ0n) is 9.92. The highest BCUT2D eigenvalue weighted by atomic mass is 16.5. The lowest BCUT2D eigenvalue weighted by Crippen LogP contribution is -2.33. The van der Waals surface area contributed by atoms with Crippen LogP contribution in [0.4, 0.5) is 0 Å². The molecule has 0 rings (SSSR count). The van der Waals surface area contributed by atoms with Crippen LogP contribution >= 0.6 is 0 Å². The Bertz CT molecular complexity index is 128. The van der Waals surface area contributed by atoms with E-state index in [9.17, 15) is 5.11 Å². The highest BCUT2D eigenvalue weighted by Gasteiger charge is 2.06. The zero-order chi connectivity index (χ0) is 11.0. The van der Waals surface area contributed by atoms with Crippen molar-refractivity contribution < 1.29 is 9.84 Å². The molecule has 0 aromatic carbocycles. The Morgan fingerprint density at radius 3 is 2.36 bits per heavy atom. The van der Waals surface area contributed by atoms with E-state index < -0.39 is 0 Å². The van der Waals surface area contributed by atoms with E-state index in [1.54, 1.807) is 0 Å². The molecule has 0 amide bonds. The molecule has 0 bridgehead atoms. The summed E-state index contributed by atoms with van der Waals surface area (Å²) in [6, 6.07) is 0. The van der Waals surface area contributed by atoms with Crippen molar-refractivity contribution in [2.24, 2.45) is 5.92 Å². The van der Waals surface area contributed by atoms with Crippen LogP contribution in [0.15, 0.2) is 0 Å². The van der Waals surface area contributed by atoms with Gasteiger partial charge in [-0.05, 0) is 25.8 Å². The fraction of sp³-hybridized carbons (Fsp3) is 1.00. The summed E-state index contributed by atoms with van der Waals surface area (Å²) in [5.41, 5.74) is 0. The summed E-state index contributed by atoms with van der Waals surface area (Å²) in [6.07, 6.45) is 0.851. The Kier molecular flexibility index (Phi) is 8.14. The first-order chi connectivity index (χ1) is 6.56. The second-order valence-corrected chi connectivity index (χ2v) is 4.26. The van der Waals surface area contributed by atoms with Gasteiger partial charge in [-0.15, -0.1) is 0 Å². The van der Waals surface area contributed by atoms with E-state index in [0.717, 1.165) is 13.0 Å². The number of aliphatic hydroxyl groups excluding tert-OH is 1. The normalized spacial score (nSPS) is 15.9. The van der Waals surface area contributed by atoms with E-state index in [-0.39, 0.29) is 12.2 Å². The van der Waals surface area contributed by atoms with Crippen LogP contribution < -0.4 is 5.32 Å². The topological polar surface area (TPSA) is 41.5 Å². The molecule has 0 heterocycles. The summed E-state index contributed by atoms with van der Waals surface area (Å²) in [5, 5.41) is 12.7. The average Bonchev–Trinajstić information content (AvgIpc) is 2.13. The van der Waals surface area contributed by atoms with Crippen molar-refractivity contribution in [2.75, 3.05) is 19.7 Å². The summed E-state index contributed by atoms with van der Waals surface area (Å²) >= 11 is 0. The van der Waals surface area contributed by atoms with E-state index >= 15 is 0 Å². The highest BCUT2D eigenvalue weighted by molar-refractivity contribution is 4.60. The van der Waals surface area contributed by atoms with Crippen LogP contribution in [0.2, 0.25) is 0 Å². The van der Waals surface area contributed by atoms with Crippen molar-refractivity contribution in [1.29, 1.82) is 0 Å². The predicted octanol–water partition coefficient (Wildman–Crippen LogP) is 1.41. The molecule has 2 atom stereocenters. The highest BCUT2D eigenvalue weighted by Crippen LogP contribution is 1.97. The van der Waals surface area contributed by atoms with Gasteiger partial charge < -0.3 is 15.2 Å². The maximum atomic E-state index is 9.52. The third-order valence-corrected chi connectivity index (χ3v) is 2.08. The van der Waals surface area contributed by atoms with Gasteiger partial charge >= 0.3 is 0 Å². The molecular weight excluding hydrogens is 178 g/mol. The smallest absolute Gasteiger partial charge is 0.0897 e. The second kappa shape index (κ2) is 8.21. The number of nitrogens with one attached hydrogen (secondary N) is 1. The largest absolute Gasteiger partial charge is 0.389 e. The van der Waals surface area contributed by atoms with Gasteiger partial charge in [-0.1, -0.05) is 20.8 Å². The van der Waals surface area contributed by atoms with Crippen LogP contribution in [0.1, 0.15) is 34.1 Å². The van der Waals surface area contributed by atoms with Gasteiger partial charge in [-0.3, -0.25) is 0 Å². The van der Waals surface area contributed by atoms with Crippen LogP contribution in [0.3, 0.4) is 0 Å². The molecular formula is C11H25NO2. The fourth-order valence-corrected chi connectivity index (χ4v) is 0.991. The van der Waals surface area contributed by atoms with Crippen molar-refractivity contribution >= 4 is 0 Å². The lowest BCUT2D eigenvalue weighted by molar-refractivity contribution is -0.00232. The van der Waals surface area contributed by atoms with Gasteiger partial charge in [0.05, 0.1) is 18.8 Å². The predicted molar refractivity (Wildman–Crippen MR) is 59.4 cm³/mol. The SMILES string of the molecule is CCC(C)OCC(O)CNCC(C)C. The molecule has 3 heteroatoms. The molecule has 0 aliphatic heterocycles. The molecule has 0 fully saturated rings. The molecule has 0 aliphatic carbocycles. The van der Waals surface area contributed by atoms with Gasteiger partial charge in [0, 0.05) is 6.54 Å². The van der Waals surface area contributed by atoms with E-state index in [2.05, 4.69) is 26.1 Å². The second-order valence-electron chi connectivity index (χ2n) is 4.26. The van der Waals surface area contributed by atoms with Crippen LogP contribution in [-0.4, -0.2) is 37.0 Å². The van der Waals surface area contributed by atoms with Crippen molar-refractivity contribution in [2.45, 2.75) is 46.3 Å². The summed E-state index contributed by atoms with van der Waals surface area (Å²) in [4.78, 5) is 0. The molecule has 0 radical (unpaired) electrons. The first-order valence-corrected chi connectivity index (χ1v) is 5.56. The Morgan fingerprint density at radius 1 is 1.21 bits per heavy atom. The van der Waals surface area contributed by atoms with Crippen LogP contribution in [0.25, 0.3) is 0 Å². The average molecular weight is 203 g/mol. The van der Waals surface area contributed by atoms with Gasteiger partial charge in [0.25, 0.3) is 0 Å². The Morgan fingerprint density at radius 2 is 1.86 bits per heavy atom. The summed E-state index contributed by atoms with van der Waals surface area (Å²) in [6.45, 7) is 10.4. The number of aliphatic hydroxyl groups is 1. The van der Waals surface area contributed by atoms with Gasteiger partial charge in [-0.25, -0.2) is 0 Å². The molecule has 2 N–H and O–H groups in total. The molecule has 0 aliphatic rings. The monoisotopic (exact) mass is 203 g/mol. The van der Waals surface area contributed by atoms with E-state index in [0.29, 0.717) is 19.1 Å². The van der Waals surface area contributed by atoms with Crippen molar-refractivity contribution in [3.8, 4) is 0 Å². The van der Waals surface area contributed by atoms with Gasteiger partial charge in [-0.2, -0.15) is 0 Å². The first-order valence-electron chi connectivity index (χ1n) is 5.56. The molecule has 0 saturated heterocycles. The minimum absolute atomic E-state index is 0.245. The fourth-order valence-electron chi connectivity index (χ4n) is 0.991. The Labute approximate surface area is 87.8 Å².